The molecule has 0 spiro atoms. The van der Waals surface area contributed by atoms with Crippen LogP contribution in [0.15, 0.2) is 0 Å². The molecule has 78 valence electrons. The van der Waals surface area contributed by atoms with Gasteiger partial charge in [0.05, 0.1) is 5.60 Å². The molecule has 0 bridgehead atoms. The van der Waals surface area contributed by atoms with Crippen LogP contribution in [0.5, 0.6) is 0 Å². The van der Waals surface area contributed by atoms with Crippen LogP contribution in [-0.4, -0.2) is 42.1 Å². The average Bonchev–Trinajstić information content (AvgIpc) is 1.91. The Morgan fingerprint density at radius 3 is 2.07 bits per heavy atom. The van der Waals surface area contributed by atoms with Crippen molar-refractivity contribution < 1.29 is 69.4 Å². The topological polar surface area (TPSA) is 23.5 Å². The molecular weight excluding hydrogens is 221 g/mol. The van der Waals surface area contributed by atoms with Gasteiger partial charge in [-0.1, -0.05) is 0 Å². The van der Waals surface area contributed by atoms with Gasteiger partial charge < -0.3 is 23.0 Å². The van der Waals surface area contributed by atoms with E-state index >= 15 is 0 Å². The molecule has 0 atom stereocenters. The first-order valence-electron chi connectivity index (χ1n) is 4.44. The van der Waals surface area contributed by atoms with Crippen LogP contribution in [0.25, 0.3) is 0 Å². The van der Waals surface area contributed by atoms with Crippen molar-refractivity contribution in [2.75, 3.05) is 19.5 Å². The largest absolute Gasteiger partial charge is 1.00 e. The number of hydrogen-bond acceptors (Lipinski definition) is 2. The summed E-state index contributed by atoms with van der Waals surface area (Å²) in [6, 6.07) is 0. The predicted molar refractivity (Wildman–Crippen MR) is 45.4 cm³/mol. The van der Waals surface area contributed by atoms with E-state index in [0.717, 1.165) is 0 Å². The van der Waals surface area contributed by atoms with Crippen LogP contribution in [0.4, 0.5) is 12.9 Å². The fraction of sp³-hybridized carbons (Fsp3) is 1.00. The van der Waals surface area contributed by atoms with Gasteiger partial charge in [-0.2, -0.15) is 0 Å². The molecular formula is C7H14BF3KNO. The zero-order valence-corrected chi connectivity index (χ0v) is 11.8. The first kappa shape index (κ1) is 15.4. The van der Waals surface area contributed by atoms with Gasteiger partial charge in [0.2, 0.25) is 0 Å². The van der Waals surface area contributed by atoms with E-state index < -0.39 is 19.0 Å². The summed E-state index contributed by atoms with van der Waals surface area (Å²) < 4.78 is 36.0. The monoisotopic (exact) mass is 235 g/mol. The maximum atomic E-state index is 12.0. The van der Waals surface area contributed by atoms with E-state index in [9.17, 15) is 18.1 Å². The molecule has 1 rings (SSSR count). The molecule has 0 aliphatic carbocycles. The summed E-state index contributed by atoms with van der Waals surface area (Å²) in [4.78, 5) is 1.36. The minimum atomic E-state index is -4.72. The second kappa shape index (κ2) is 5.65. The Labute approximate surface area is 125 Å². The van der Waals surface area contributed by atoms with E-state index in [0.29, 0.717) is 25.9 Å². The van der Waals surface area contributed by atoms with E-state index in [-0.39, 0.29) is 51.4 Å². The van der Waals surface area contributed by atoms with E-state index in [1.165, 1.54) is 4.90 Å². The zero-order valence-electron chi connectivity index (χ0n) is 8.64. The fourth-order valence-electron chi connectivity index (χ4n) is 1.51. The smallest absolute Gasteiger partial charge is 0.448 e. The summed E-state index contributed by atoms with van der Waals surface area (Å²) in [5.41, 5.74) is -0.769. The van der Waals surface area contributed by atoms with Gasteiger partial charge in [0, 0.05) is 0 Å². The van der Waals surface area contributed by atoms with Crippen molar-refractivity contribution in [1.29, 1.82) is 0 Å². The van der Waals surface area contributed by atoms with Gasteiger partial charge in [-0.05, 0) is 39.3 Å². The van der Waals surface area contributed by atoms with Gasteiger partial charge in [-0.25, -0.2) is 0 Å². The molecule has 0 unspecified atom stereocenters. The average molecular weight is 235 g/mol. The number of hydrogen-bond donors (Lipinski definition) is 1. The zero-order chi connectivity index (χ0) is 10.1. The molecule has 2 nitrogen and oxygen atoms in total. The molecule has 0 amide bonds. The van der Waals surface area contributed by atoms with Crippen LogP contribution in [0.1, 0.15) is 19.8 Å². The Kier molecular flexibility index (Phi) is 6.22. The Bertz CT molecular complexity index is 178. The Hall–Kier alpha value is 1.41. The molecule has 1 aliphatic rings. The van der Waals surface area contributed by atoms with Gasteiger partial charge in [0.1, 0.15) is 0 Å². The van der Waals surface area contributed by atoms with Crippen molar-refractivity contribution in [2.45, 2.75) is 25.4 Å². The number of rotatable bonds is 2. The summed E-state index contributed by atoms with van der Waals surface area (Å²) in [6.07, 6.45) is 0.0639. The molecule has 0 aromatic heterocycles. The number of aliphatic hydroxyl groups is 1. The molecule has 1 aliphatic heterocycles. The second-order valence-corrected chi connectivity index (χ2v) is 4.01. The first-order chi connectivity index (χ1) is 5.79. The first-order valence-corrected chi connectivity index (χ1v) is 4.44. The van der Waals surface area contributed by atoms with Crippen molar-refractivity contribution in [3.05, 3.63) is 0 Å². The van der Waals surface area contributed by atoms with Crippen molar-refractivity contribution in [1.82, 2.24) is 4.90 Å². The van der Waals surface area contributed by atoms with Crippen molar-refractivity contribution >= 4 is 6.98 Å². The molecule has 0 radical (unpaired) electrons. The third kappa shape index (κ3) is 6.09. The minimum absolute atomic E-state index is 0. The van der Waals surface area contributed by atoms with Crippen LogP contribution in [0, 0.1) is 0 Å². The molecule has 1 heterocycles. The van der Waals surface area contributed by atoms with Crippen LogP contribution in [0.3, 0.4) is 0 Å². The van der Waals surface area contributed by atoms with Gasteiger partial charge in [-0.15, -0.1) is 0 Å². The summed E-state index contributed by atoms with van der Waals surface area (Å²) >= 11 is 0. The number of piperidine rings is 1. The third-order valence-electron chi connectivity index (χ3n) is 2.40. The van der Waals surface area contributed by atoms with E-state index in [4.69, 9.17) is 0 Å². The Morgan fingerprint density at radius 2 is 1.71 bits per heavy atom. The van der Waals surface area contributed by atoms with E-state index in [1.807, 2.05) is 0 Å². The van der Waals surface area contributed by atoms with Gasteiger partial charge in [0.25, 0.3) is 0 Å². The Morgan fingerprint density at radius 1 is 1.29 bits per heavy atom. The van der Waals surface area contributed by atoms with Crippen molar-refractivity contribution in [3.8, 4) is 0 Å². The maximum Gasteiger partial charge on any atom is 1.00 e. The number of nitrogens with zero attached hydrogens (tertiary/aromatic N) is 1. The second-order valence-electron chi connectivity index (χ2n) is 4.01. The van der Waals surface area contributed by atoms with E-state index in [2.05, 4.69) is 0 Å². The fourth-order valence-corrected chi connectivity index (χ4v) is 1.51. The van der Waals surface area contributed by atoms with Gasteiger partial charge in [-0.3, -0.25) is 0 Å². The minimum Gasteiger partial charge on any atom is -0.448 e. The van der Waals surface area contributed by atoms with E-state index in [1.54, 1.807) is 6.92 Å². The molecule has 1 fully saturated rings. The molecule has 7 heteroatoms. The molecule has 0 aromatic carbocycles. The summed E-state index contributed by atoms with van der Waals surface area (Å²) in [5.74, 6) is 0. The SMILES string of the molecule is CC1(O)CCN(C[B-](F)(F)F)CC1.[K+]. The number of likely N-dealkylation sites (tertiary alicyclic amines) is 1. The quantitative estimate of drug-likeness (QED) is 0.572. The standard InChI is InChI=1S/C7H14BF3NO.K/c1-7(13)2-4-12(5-3-7)6-8(9,10)11;/h13H,2-6H2,1H3;/q-1;+1. The van der Waals surface area contributed by atoms with Crippen LogP contribution in [0.2, 0.25) is 0 Å². The van der Waals surface area contributed by atoms with Gasteiger partial charge in [0.15, 0.2) is 0 Å². The molecule has 1 saturated heterocycles. The Balaban J connectivity index is 0.00000169. The molecule has 0 aromatic rings. The summed E-state index contributed by atoms with van der Waals surface area (Å²) in [7, 11) is 0. The van der Waals surface area contributed by atoms with Crippen LogP contribution >= 0.6 is 0 Å². The van der Waals surface area contributed by atoms with Crippen LogP contribution < -0.4 is 51.4 Å². The number of halogens is 3. The summed E-state index contributed by atoms with van der Waals surface area (Å²) in [6.45, 7) is -2.37. The maximum absolute atomic E-state index is 12.0. The predicted octanol–water partition coefficient (Wildman–Crippen LogP) is -1.78. The van der Waals surface area contributed by atoms with Gasteiger partial charge >= 0.3 is 58.4 Å². The molecule has 1 N–H and O–H groups in total. The third-order valence-corrected chi connectivity index (χ3v) is 2.40. The van der Waals surface area contributed by atoms with Crippen LogP contribution in [-0.2, 0) is 0 Å². The molecule has 14 heavy (non-hydrogen) atoms. The van der Waals surface area contributed by atoms with Crippen molar-refractivity contribution in [2.24, 2.45) is 0 Å². The summed E-state index contributed by atoms with van der Waals surface area (Å²) in [5, 5.41) is 9.49. The van der Waals surface area contributed by atoms with Crippen molar-refractivity contribution in [3.63, 3.8) is 0 Å². The normalized spacial score (nSPS) is 22.9. The molecule has 0 saturated carbocycles.